The maximum absolute atomic E-state index is 13.9. The molecule has 0 aliphatic carbocycles. The van der Waals surface area contributed by atoms with Crippen LogP contribution in [0.3, 0.4) is 0 Å². The zero-order chi connectivity index (χ0) is 15.4. The molecule has 0 saturated carbocycles. The summed E-state index contributed by atoms with van der Waals surface area (Å²) >= 11 is 3.38. The van der Waals surface area contributed by atoms with Crippen LogP contribution in [-0.4, -0.2) is 6.54 Å². The number of hydrogen-bond donors (Lipinski definition) is 1. The average molecular weight is 358 g/mol. The van der Waals surface area contributed by atoms with E-state index in [2.05, 4.69) is 21.2 Å². The van der Waals surface area contributed by atoms with E-state index in [1.54, 1.807) is 0 Å². The Morgan fingerprint density at radius 2 is 1.76 bits per heavy atom. The SMILES string of the molecule is CCNC(Cc1cccc(Br)c1)c1cc(F)c(F)cc1F. The minimum atomic E-state index is -1.17. The minimum Gasteiger partial charge on any atom is -0.310 e. The molecule has 21 heavy (non-hydrogen) atoms. The third-order valence-corrected chi connectivity index (χ3v) is 3.69. The summed E-state index contributed by atoms with van der Waals surface area (Å²) in [5.41, 5.74) is 1.11. The number of nitrogens with one attached hydrogen (secondary N) is 1. The molecule has 0 aromatic heterocycles. The number of hydrogen-bond acceptors (Lipinski definition) is 1. The molecule has 0 spiro atoms. The van der Waals surface area contributed by atoms with Gasteiger partial charge in [-0.25, -0.2) is 13.2 Å². The van der Waals surface area contributed by atoms with Gasteiger partial charge in [-0.15, -0.1) is 0 Å². The standard InChI is InChI=1S/C16H15BrF3N/c1-2-21-16(7-10-4-3-5-11(17)6-10)12-8-14(19)15(20)9-13(12)18/h3-6,8-9,16,21H,2,7H2,1H3. The molecule has 0 saturated heterocycles. The maximum atomic E-state index is 13.9. The topological polar surface area (TPSA) is 12.0 Å². The van der Waals surface area contributed by atoms with Gasteiger partial charge in [-0.3, -0.25) is 0 Å². The van der Waals surface area contributed by atoms with Crippen molar-refractivity contribution in [2.45, 2.75) is 19.4 Å². The first-order chi connectivity index (χ1) is 10.0. The molecule has 1 unspecified atom stereocenters. The van der Waals surface area contributed by atoms with Gasteiger partial charge >= 0.3 is 0 Å². The lowest BCUT2D eigenvalue weighted by Crippen LogP contribution is -2.24. The van der Waals surface area contributed by atoms with Crippen LogP contribution < -0.4 is 5.32 Å². The fourth-order valence-corrected chi connectivity index (χ4v) is 2.69. The molecule has 0 heterocycles. The highest BCUT2D eigenvalue weighted by Gasteiger charge is 2.18. The summed E-state index contributed by atoms with van der Waals surface area (Å²) in [6.07, 6.45) is 0.481. The summed E-state index contributed by atoms with van der Waals surface area (Å²) in [6.45, 7) is 2.48. The summed E-state index contributed by atoms with van der Waals surface area (Å²) in [6, 6.07) is 8.70. The molecule has 5 heteroatoms. The molecule has 0 fully saturated rings. The predicted molar refractivity (Wildman–Crippen MR) is 80.6 cm³/mol. The molecule has 0 aliphatic rings. The van der Waals surface area contributed by atoms with Crippen LogP contribution in [0.4, 0.5) is 13.2 Å². The maximum Gasteiger partial charge on any atom is 0.161 e. The van der Waals surface area contributed by atoms with Crippen LogP contribution in [0, 0.1) is 17.5 Å². The van der Waals surface area contributed by atoms with E-state index in [0.29, 0.717) is 19.0 Å². The first-order valence-electron chi connectivity index (χ1n) is 6.63. The minimum absolute atomic E-state index is 0.135. The molecule has 0 amide bonds. The van der Waals surface area contributed by atoms with E-state index >= 15 is 0 Å². The van der Waals surface area contributed by atoms with Crippen molar-refractivity contribution in [3.63, 3.8) is 0 Å². The summed E-state index contributed by atoms with van der Waals surface area (Å²) < 4.78 is 41.3. The molecule has 1 atom stereocenters. The number of halogens is 4. The second-order valence-corrected chi connectivity index (χ2v) is 5.65. The van der Waals surface area contributed by atoms with E-state index in [9.17, 15) is 13.2 Å². The molecule has 0 radical (unpaired) electrons. The Morgan fingerprint density at radius 1 is 1.05 bits per heavy atom. The van der Waals surface area contributed by atoms with Crippen molar-refractivity contribution in [1.29, 1.82) is 0 Å². The van der Waals surface area contributed by atoms with Gasteiger partial charge in [-0.1, -0.05) is 35.0 Å². The Labute approximate surface area is 130 Å². The van der Waals surface area contributed by atoms with Crippen LogP contribution in [0.1, 0.15) is 24.1 Å². The Kier molecular flexibility index (Phi) is 5.42. The van der Waals surface area contributed by atoms with E-state index in [1.807, 2.05) is 31.2 Å². The van der Waals surface area contributed by atoms with Gasteiger partial charge in [-0.05, 0) is 36.7 Å². The van der Waals surface area contributed by atoms with Crippen LogP contribution >= 0.6 is 15.9 Å². The molecule has 0 bridgehead atoms. The van der Waals surface area contributed by atoms with Crippen LogP contribution in [-0.2, 0) is 6.42 Å². The Morgan fingerprint density at radius 3 is 2.43 bits per heavy atom. The Hall–Kier alpha value is -1.33. The molecule has 1 nitrogen and oxygen atoms in total. The zero-order valence-corrected chi connectivity index (χ0v) is 13.1. The van der Waals surface area contributed by atoms with Crippen molar-refractivity contribution in [3.8, 4) is 0 Å². The van der Waals surface area contributed by atoms with Gasteiger partial charge in [0.2, 0.25) is 0 Å². The third-order valence-electron chi connectivity index (χ3n) is 3.19. The van der Waals surface area contributed by atoms with Crippen LogP contribution in [0.25, 0.3) is 0 Å². The number of likely N-dealkylation sites (N-methyl/N-ethyl adjacent to an activating group) is 1. The van der Waals surface area contributed by atoms with Crippen molar-refractivity contribution in [1.82, 2.24) is 5.32 Å². The smallest absolute Gasteiger partial charge is 0.161 e. The largest absolute Gasteiger partial charge is 0.310 e. The molecular formula is C16H15BrF3N. The van der Waals surface area contributed by atoms with Gasteiger partial charge in [0, 0.05) is 22.1 Å². The summed E-state index contributed by atoms with van der Waals surface area (Å²) in [5.74, 6) is -2.95. The lowest BCUT2D eigenvalue weighted by atomic mass is 9.98. The van der Waals surface area contributed by atoms with Gasteiger partial charge in [0.15, 0.2) is 11.6 Å². The van der Waals surface area contributed by atoms with E-state index in [1.165, 1.54) is 0 Å². The Bertz CT molecular complexity index is 631. The van der Waals surface area contributed by atoms with Gasteiger partial charge < -0.3 is 5.32 Å². The third kappa shape index (κ3) is 4.08. The highest BCUT2D eigenvalue weighted by molar-refractivity contribution is 9.10. The normalized spacial score (nSPS) is 12.4. The second kappa shape index (κ2) is 7.09. The number of benzene rings is 2. The molecule has 2 aromatic carbocycles. The molecule has 0 aliphatic heterocycles. The zero-order valence-electron chi connectivity index (χ0n) is 11.5. The van der Waals surface area contributed by atoms with E-state index in [4.69, 9.17) is 0 Å². The Balaban J connectivity index is 2.33. The summed E-state index contributed by atoms with van der Waals surface area (Å²) in [5, 5.41) is 3.11. The predicted octanol–water partition coefficient (Wildman–Crippen LogP) is 4.76. The highest BCUT2D eigenvalue weighted by atomic mass is 79.9. The first-order valence-corrected chi connectivity index (χ1v) is 7.42. The van der Waals surface area contributed by atoms with Crippen molar-refractivity contribution in [3.05, 3.63) is 69.4 Å². The van der Waals surface area contributed by atoms with E-state index < -0.39 is 23.5 Å². The first kappa shape index (κ1) is 16.0. The van der Waals surface area contributed by atoms with Crippen LogP contribution in [0.5, 0.6) is 0 Å². The van der Waals surface area contributed by atoms with Crippen LogP contribution in [0.2, 0.25) is 0 Å². The summed E-state index contributed by atoms with van der Waals surface area (Å²) in [7, 11) is 0. The monoisotopic (exact) mass is 357 g/mol. The quantitative estimate of drug-likeness (QED) is 0.760. The van der Waals surface area contributed by atoms with Crippen molar-refractivity contribution in [2.75, 3.05) is 6.54 Å². The van der Waals surface area contributed by atoms with Crippen LogP contribution in [0.15, 0.2) is 40.9 Å². The fourth-order valence-electron chi connectivity index (χ4n) is 2.24. The second-order valence-electron chi connectivity index (χ2n) is 4.73. The van der Waals surface area contributed by atoms with Gasteiger partial charge in [-0.2, -0.15) is 0 Å². The molecule has 2 aromatic rings. The van der Waals surface area contributed by atoms with Gasteiger partial charge in [0.25, 0.3) is 0 Å². The lowest BCUT2D eigenvalue weighted by Gasteiger charge is -2.19. The lowest BCUT2D eigenvalue weighted by molar-refractivity contribution is 0.467. The highest BCUT2D eigenvalue weighted by Crippen LogP contribution is 2.25. The van der Waals surface area contributed by atoms with E-state index in [-0.39, 0.29) is 5.56 Å². The molecule has 2 rings (SSSR count). The fraction of sp³-hybridized carbons (Fsp3) is 0.250. The van der Waals surface area contributed by atoms with Crippen molar-refractivity contribution >= 4 is 15.9 Å². The van der Waals surface area contributed by atoms with Gasteiger partial charge in [0.1, 0.15) is 5.82 Å². The molecule has 112 valence electrons. The average Bonchev–Trinajstić information content (AvgIpc) is 2.42. The summed E-state index contributed by atoms with van der Waals surface area (Å²) in [4.78, 5) is 0. The van der Waals surface area contributed by atoms with Gasteiger partial charge in [0.05, 0.1) is 0 Å². The van der Waals surface area contributed by atoms with E-state index in [0.717, 1.165) is 16.1 Å². The molecular weight excluding hydrogens is 343 g/mol. The van der Waals surface area contributed by atoms with Crippen molar-refractivity contribution in [2.24, 2.45) is 0 Å². The van der Waals surface area contributed by atoms with Crippen molar-refractivity contribution < 1.29 is 13.2 Å². The molecule has 1 N–H and O–H groups in total. The number of rotatable bonds is 5.